The van der Waals surface area contributed by atoms with E-state index in [0.717, 1.165) is 23.9 Å². The summed E-state index contributed by atoms with van der Waals surface area (Å²) in [5, 5.41) is 12.9. The van der Waals surface area contributed by atoms with Gasteiger partial charge in [-0.1, -0.05) is 54.6 Å². The number of likely N-dealkylation sites (N-methyl/N-ethyl adjacent to an activating group) is 1. The first-order valence-corrected chi connectivity index (χ1v) is 7.74. The first-order chi connectivity index (χ1) is 10.8. The molecule has 0 aromatic heterocycles. The Morgan fingerprint density at radius 3 is 2.64 bits per heavy atom. The minimum absolute atomic E-state index is 0.107. The van der Waals surface area contributed by atoms with E-state index in [1.807, 2.05) is 24.3 Å². The molecule has 0 amide bonds. The highest BCUT2D eigenvalue weighted by Gasteiger charge is 2.29. The van der Waals surface area contributed by atoms with Crippen molar-refractivity contribution in [2.75, 3.05) is 13.6 Å². The van der Waals surface area contributed by atoms with Gasteiger partial charge in [0, 0.05) is 12.1 Å². The van der Waals surface area contributed by atoms with Gasteiger partial charge in [-0.25, -0.2) is 0 Å². The molecule has 1 aliphatic heterocycles. The van der Waals surface area contributed by atoms with Gasteiger partial charge in [0.1, 0.15) is 5.75 Å². The molecular weight excluding hydrogens is 270 g/mol. The third-order valence-corrected chi connectivity index (χ3v) is 4.75. The Morgan fingerprint density at radius 2 is 1.73 bits per heavy atom. The zero-order valence-corrected chi connectivity index (χ0v) is 12.7. The summed E-state index contributed by atoms with van der Waals surface area (Å²) in [7, 11) is 2.14. The van der Waals surface area contributed by atoms with Crippen LogP contribution in [0.5, 0.6) is 5.75 Å². The molecule has 1 atom stereocenters. The van der Waals surface area contributed by atoms with Crippen LogP contribution in [0, 0.1) is 0 Å². The molecule has 0 radical (unpaired) electrons. The standard InChI is InChI=1S/C20H19NO/c1-21-13-12-15-7-3-5-9-17(15)20(21)19-16-8-4-2-6-14(16)10-11-18(19)22/h2-11,20,22H,12-13H2,1H3. The molecule has 2 nitrogen and oxygen atoms in total. The average molecular weight is 289 g/mol. The summed E-state index contributed by atoms with van der Waals surface area (Å²) in [5.41, 5.74) is 3.72. The predicted molar refractivity (Wildman–Crippen MR) is 90.2 cm³/mol. The molecule has 1 aliphatic rings. The lowest BCUT2D eigenvalue weighted by atomic mass is 9.86. The Kier molecular flexibility index (Phi) is 3.12. The van der Waals surface area contributed by atoms with Crippen LogP contribution in [0.25, 0.3) is 10.8 Å². The van der Waals surface area contributed by atoms with Crippen LogP contribution in [0.2, 0.25) is 0 Å². The maximum absolute atomic E-state index is 10.6. The lowest BCUT2D eigenvalue weighted by Crippen LogP contribution is -2.33. The van der Waals surface area contributed by atoms with Crippen LogP contribution in [-0.4, -0.2) is 23.6 Å². The first-order valence-electron chi connectivity index (χ1n) is 7.74. The second-order valence-electron chi connectivity index (χ2n) is 6.05. The van der Waals surface area contributed by atoms with Crippen molar-refractivity contribution < 1.29 is 5.11 Å². The fraction of sp³-hybridized carbons (Fsp3) is 0.200. The monoisotopic (exact) mass is 289 g/mol. The molecule has 22 heavy (non-hydrogen) atoms. The zero-order chi connectivity index (χ0) is 15.1. The number of nitrogens with zero attached hydrogens (tertiary/aromatic N) is 1. The molecule has 0 spiro atoms. The van der Waals surface area contributed by atoms with Crippen molar-refractivity contribution in [2.24, 2.45) is 0 Å². The molecule has 110 valence electrons. The van der Waals surface area contributed by atoms with E-state index in [2.05, 4.69) is 48.3 Å². The van der Waals surface area contributed by atoms with Crippen LogP contribution < -0.4 is 0 Å². The van der Waals surface area contributed by atoms with Crippen molar-refractivity contribution in [3.8, 4) is 5.75 Å². The fourth-order valence-electron chi connectivity index (χ4n) is 3.64. The molecule has 0 fully saturated rings. The third-order valence-electron chi connectivity index (χ3n) is 4.75. The van der Waals surface area contributed by atoms with E-state index >= 15 is 0 Å². The number of phenolic OH excluding ortho intramolecular Hbond substituents is 1. The summed E-state index contributed by atoms with van der Waals surface area (Å²) in [6.45, 7) is 1.00. The number of aromatic hydroxyl groups is 1. The van der Waals surface area contributed by atoms with E-state index in [1.165, 1.54) is 16.5 Å². The van der Waals surface area contributed by atoms with Gasteiger partial charge in [-0.3, -0.25) is 4.90 Å². The Morgan fingerprint density at radius 1 is 0.955 bits per heavy atom. The second-order valence-corrected chi connectivity index (χ2v) is 6.05. The predicted octanol–water partition coefficient (Wildman–Crippen LogP) is 4.12. The van der Waals surface area contributed by atoms with Crippen LogP contribution in [0.4, 0.5) is 0 Å². The maximum atomic E-state index is 10.6. The number of rotatable bonds is 1. The van der Waals surface area contributed by atoms with Gasteiger partial charge in [0.15, 0.2) is 0 Å². The third kappa shape index (κ3) is 1.99. The molecule has 3 aromatic rings. The van der Waals surface area contributed by atoms with E-state index in [0.29, 0.717) is 5.75 Å². The summed E-state index contributed by atoms with van der Waals surface area (Å²) < 4.78 is 0. The van der Waals surface area contributed by atoms with Gasteiger partial charge in [-0.2, -0.15) is 0 Å². The lowest BCUT2D eigenvalue weighted by Gasteiger charge is -2.35. The highest BCUT2D eigenvalue weighted by Crippen LogP contribution is 2.41. The minimum Gasteiger partial charge on any atom is -0.508 e. The van der Waals surface area contributed by atoms with Gasteiger partial charge < -0.3 is 5.11 Å². The number of benzene rings is 3. The maximum Gasteiger partial charge on any atom is 0.121 e. The first kappa shape index (κ1) is 13.4. The molecule has 2 heteroatoms. The molecule has 1 N–H and O–H groups in total. The van der Waals surface area contributed by atoms with Crippen molar-refractivity contribution in [3.63, 3.8) is 0 Å². The molecule has 1 unspecified atom stereocenters. The van der Waals surface area contributed by atoms with Gasteiger partial charge in [0.2, 0.25) is 0 Å². The van der Waals surface area contributed by atoms with E-state index in [9.17, 15) is 5.11 Å². The molecule has 1 heterocycles. The number of hydrogen-bond acceptors (Lipinski definition) is 2. The number of phenols is 1. The number of hydrogen-bond donors (Lipinski definition) is 1. The van der Waals surface area contributed by atoms with E-state index in [1.54, 1.807) is 0 Å². The summed E-state index contributed by atoms with van der Waals surface area (Å²) in [5.74, 6) is 0.382. The molecule has 0 saturated carbocycles. The summed E-state index contributed by atoms with van der Waals surface area (Å²) >= 11 is 0. The minimum atomic E-state index is 0.107. The molecule has 3 aromatic carbocycles. The van der Waals surface area contributed by atoms with Crippen LogP contribution in [-0.2, 0) is 6.42 Å². The average Bonchev–Trinajstić information content (AvgIpc) is 2.56. The Balaban J connectivity index is 2.01. The Hall–Kier alpha value is -2.32. The van der Waals surface area contributed by atoms with Crippen LogP contribution in [0.15, 0.2) is 60.7 Å². The van der Waals surface area contributed by atoms with E-state index in [4.69, 9.17) is 0 Å². The van der Waals surface area contributed by atoms with Crippen LogP contribution in [0.1, 0.15) is 22.7 Å². The van der Waals surface area contributed by atoms with E-state index in [-0.39, 0.29) is 6.04 Å². The summed E-state index contributed by atoms with van der Waals surface area (Å²) in [4.78, 5) is 2.34. The second kappa shape index (κ2) is 5.15. The smallest absolute Gasteiger partial charge is 0.121 e. The van der Waals surface area contributed by atoms with Crippen molar-refractivity contribution >= 4 is 10.8 Å². The molecular formula is C20H19NO. The topological polar surface area (TPSA) is 23.5 Å². The largest absolute Gasteiger partial charge is 0.508 e. The normalized spacial score (nSPS) is 18.3. The van der Waals surface area contributed by atoms with Crippen molar-refractivity contribution in [3.05, 3.63) is 77.4 Å². The molecule has 0 saturated heterocycles. The highest BCUT2D eigenvalue weighted by molar-refractivity contribution is 5.88. The van der Waals surface area contributed by atoms with Crippen molar-refractivity contribution in [1.82, 2.24) is 4.90 Å². The number of fused-ring (bicyclic) bond motifs is 2. The van der Waals surface area contributed by atoms with Crippen LogP contribution in [0.3, 0.4) is 0 Å². The molecule has 0 bridgehead atoms. The SMILES string of the molecule is CN1CCc2ccccc2C1c1c(O)ccc2ccccc12. The quantitative estimate of drug-likeness (QED) is 0.728. The Bertz CT molecular complexity index is 840. The molecule has 4 rings (SSSR count). The zero-order valence-electron chi connectivity index (χ0n) is 12.7. The summed E-state index contributed by atoms with van der Waals surface area (Å²) in [6, 6.07) is 20.8. The molecule has 0 aliphatic carbocycles. The van der Waals surface area contributed by atoms with E-state index < -0.39 is 0 Å². The Labute approximate surface area is 130 Å². The van der Waals surface area contributed by atoms with Gasteiger partial charge in [-0.15, -0.1) is 0 Å². The fourth-order valence-corrected chi connectivity index (χ4v) is 3.64. The van der Waals surface area contributed by atoms with Gasteiger partial charge in [-0.05, 0) is 41.4 Å². The lowest BCUT2D eigenvalue weighted by molar-refractivity contribution is 0.261. The van der Waals surface area contributed by atoms with Gasteiger partial charge >= 0.3 is 0 Å². The highest BCUT2D eigenvalue weighted by atomic mass is 16.3. The van der Waals surface area contributed by atoms with Crippen molar-refractivity contribution in [1.29, 1.82) is 0 Å². The van der Waals surface area contributed by atoms with Gasteiger partial charge in [0.05, 0.1) is 6.04 Å². The van der Waals surface area contributed by atoms with Crippen LogP contribution >= 0.6 is 0 Å². The van der Waals surface area contributed by atoms with Gasteiger partial charge in [0.25, 0.3) is 0 Å². The van der Waals surface area contributed by atoms with Crippen molar-refractivity contribution in [2.45, 2.75) is 12.5 Å². The summed E-state index contributed by atoms with van der Waals surface area (Å²) in [6.07, 6.45) is 1.06.